The molecule has 114 valence electrons. The first-order valence-corrected chi connectivity index (χ1v) is 8.00. The maximum Gasteiger partial charge on any atom is 0.168 e. The molecule has 21 heavy (non-hydrogen) atoms. The van der Waals surface area contributed by atoms with E-state index >= 15 is 0 Å². The first kappa shape index (κ1) is 16.2. The maximum absolute atomic E-state index is 12.7. The van der Waals surface area contributed by atoms with Crippen molar-refractivity contribution in [2.75, 3.05) is 0 Å². The van der Waals surface area contributed by atoms with Crippen LogP contribution >= 0.6 is 11.6 Å². The summed E-state index contributed by atoms with van der Waals surface area (Å²) in [5, 5.41) is 0.391. The average Bonchev–Trinajstić information content (AvgIpc) is 2.45. The van der Waals surface area contributed by atoms with Crippen LogP contribution in [0.3, 0.4) is 0 Å². The Morgan fingerprint density at radius 1 is 1.19 bits per heavy atom. The zero-order valence-electron chi connectivity index (χ0n) is 13.0. The predicted octanol–water partition coefficient (Wildman–Crippen LogP) is 5.19. The lowest BCUT2D eigenvalue weighted by Gasteiger charge is -2.36. The van der Waals surface area contributed by atoms with E-state index in [2.05, 4.69) is 20.8 Å². The molecule has 0 spiro atoms. The topological polar surface area (TPSA) is 34.1 Å². The van der Waals surface area contributed by atoms with Crippen molar-refractivity contribution >= 4 is 23.7 Å². The van der Waals surface area contributed by atoms with Gasteiger partial charge in [-0.3, -0.25) is 9.59 Å². The molecule has 0 N–H and O–H groups in total. The van der Waals surface area contributed by atoms with E-state index in [1.807, 2.05) is 0 Å². The Hall–Kier alpha value is -1.15. The van der Waals surface area contributed by atoms with Gasteiger partial charge in [-0.25, -0.2) is 0 Å². The van der Waals surface area contributed by atoms with Gasteiger partial charge >= 0.3 is 0 Å². The van der Waals surface area contributed by atoms with E-state index in [0.29, 0.717) is 27.5 Å². The van der Waals surface area contributed by atoms with Crippen LogP contribution in [-0.2, 0) is 0 Å². The molecule has 3 heteroatoms. The maximum atomic E-state index is 12.7. The van der Waals surface area contributed by atoms with Crippen LogP contribution in [0.5, 0.6) is 0 Å². The van der Waals surface area contributed by atoms with E-state index in [4.69, 9.17) is 11.6 Å². The van der Waals surface area contributed by atoms with Crippen LogP contribution in [0.25, 0.3) is 0 Å². The van der Waals surface area contributed by atoms with Gasteiger partial charge in [-0.15, -0.1) is 0 Å². The number of carbonyl (C=O) groups excluding carboxylic acids is 2. The third-order valence-corrected chi connectivity index (χ3v) is 5.06. The third kappa shape index (κ3) is 3.55. The van der Waals surface area contributed by atoms with Crippen LogP contribution in [-0.4, -0.2) is 12.1 Å². The number of hydrogen-bond donors (Lipinski definition) is 0. The molecule has 0 aliphatic heterocycles. The van der Waals surface area contributed by atoms with Gasteiger partial charge in [-0.05, 0) is 43.1 Å². The minimum absolute atomic E-state index is 0.00204. The molecule has 1 aromatic carbocycles. The zero-order chi connectivity index (χ0) is 15.6. The van der Waals surface area contributed by atoms with Crippen LogP contribution in [0.2, 0.25) is 5.02 Å². The van der Waals surface area contributed by atoms with Crippen molar-refractivity contribution in [2.24, 2.45) is 17.3 Å². The Labute approximate surface area is 131 Å². The van der Waals surface area contributed by atoms with Gasteiger partial charge in [0.2, 0.25) is 0 Å². The summed E-state index contributed by atoms with van der Waals surface area (Å²) in [7, 11) is 0. The van der Waals surface area contributed by atoms with Crippen LogP contribution in [0.1, 0.15) is 67.2 Å². The molecule has 1 aliphatic carbocycles. The van der Waals surface area contributed by atoms with Crippen LogP contribution in [0.4, 0.5) is 0 Å². The fourth-order valence-corrected chi connectivity index (χ4v) is 3.60. The summed E-state index contributed by atoms with van der Waals surface area (Å²) in [5.74, 6) is 0.704. The Kier molecular flexibility index (Phi) is 4.88. The van der Waals surface area contributed by atoms with E-state index in [0.717, 1.165) is 32.0 Å². The van der Waals surface area contributed by atoms with Gasteiger partial charge in [0.05, 0.1) is 5.02 Å². The second-order valence-corrected chi connectivity index (χ2v) is 7.51. The quantitative estimate of drug-likeness (QED) is 0.569. The number of benzene rings is 1. The molecular formula is C18H23ClO2. The van der Waals surface area contributed by atoms with Crippen molar-refractivity contribution in [1.82, 2.24) is 0 Å². The molecule has 0 bridgehead atoms. The molecule has 2 rings (SSSR count). The number of aldehydes is 1. The Balaban J connectivity index is 2.15. The van der Waals surface area contributed by atoms with E-state index < -0.39 is 0 Å². The lowest BCUT2D eigenvalue weighted by molar-refractivity contribution is 0.0816. The van der Waals surface area contributed by atoms with Crippen LogP contribution < -0.4 is 0 Å². The Morgan fingerprint density at radius 3 is 2.33 bits per heavy atom. The van der Waals surface area contributed by atoms with Crippen molar-refractivity contribution in [3.63, 3.8) is 0 Å². The van der Waals surface area contributed by atoms with Crippen molar-refractivity contribution < 1.29 is 9.59 Å². The SMILES string of the molecule is CC(C)(C)C1CCC(C(=O)c2c(Cl)cccc2C=O)CC1. The molecule has 0 radical (unpaired) electrons. The van der Waals surface area contributed by atoms with Crippen LogP contribution in [0, 0.1) is 17.3 Å². The van der Waals surface area contributed by atoms with Crippen molar-refractivity contribution in [1.29, 1.82) is 0 Å². The molecular weight excluding hydrogens is 284 g/mol. The largest absolute Gasteiger partial charge is 0.298 e. The first-order chi connectivity index (χ1) is 9.84. The van der Waals surface area contributed by atoms with Crippen molar-refractivity contribution in [2.45, 2.75) is 46.5 Å². The molecule has 0 unspecified atom stereocenters. The molecule has 1 fully saturated rings. The van der Waals surface area contributed by atoms with Gasteiger partial charge in [0.1, 0.15) is 0 Å². The van der Waals surface area contributed by atoms with Crippen LogP contribution in [0.15, 0.2) is 18.2 Å². The molecule has 0 heterocycles. The predicted molar refractivity (Wildman–Crippen MR) is 86.1 cm³/mol. The summed E-state index contributed by atoms with van der Waals surface area (Å²) in [6.07, 6.45) is 4.65. The molecule has 0 atom stereocenters. The highest BCUT2D eigenvalue weighted by Crippen LogP contribution is 2.41. The molecule has 0 saturated heterocycles. The number of hydrogen-bond acceptors (Lipinski definition) is 2. The highest BCUT2D eigenvalue weighted by atomic mass is 35.5. The fraction of sp³-hybridized carbons (Fsp3) is 0.556. The van der Waals surface area contributed by atoms with Gasteiger partial charge in [0.25, 0.3) is 0 Å². The molecule has 1 aliphatic rings. The van der Waals surface area contributed by atoms with Gasteiger partial charge in [-0.1, -0.05) is 44.5 Å². The highest BCUT2D eigenvalue weighted by molar-refractivity contribution is 6.34. The summed E-state index contributed by atoms with van der Waals surface area (Å²) >= 11 is 6.14. The number of carbonyl (C=O) groups is 2. The van der Waals surface area contributed by atoms with E-state index in [1.165, 1.54) is 0 Å². The molecule has 0 aromatic heterocycles. The van der Waals surface area contributed by atoms with Crippen molar-refractivity contribution in [3.8, 4) is 0 Å². The monoisotopic (exact) mass is 306 g/mol. The zero-order valence-corrected chi connectivity index (χ0v) is 13.7. The standard InChI is InChI=1S/C18H23ClO2/c1-18(2,3)14-9-7-12(8-10-14)17(21)16-13(11-20)5-4-6-15(16)19/h4-6,11-12,14H,7-10H2,1-3H3. The third-order valence-electron chi connectivity index (χ3n) is 4.74. The smallest absolute Gasteiger partial charge is 0.168 e. The van der Waals surface area contributed by atoms with Crippen molar-refractivity contribution in [3.05, 3.63) is 34.3 Å². The summed E-state index contributed by atoms with van der Waals surface area (Å²) in [4.78, 5) is 23.9. The summed E-state index contributed by atoms with van der Waals surface area (Å²) < 4.78 is 0. The normalized spacial score (nSPS) is 22.9. The average molecular weight is 307 g/mol. The Morgan fingerprint density at radius 2 is 1.81 bits per heavy atom. The number of Topliss-reactive ketones (excluding diaryl/α,β-unsaturated/α-hetero) is 1. The van der Waals surface area contributed by atoms with E-state index in [1.54, 1.807) is 18.2 Å². The summed E-state index contributed by atoms with van der Waals surface area (Å²) in [6, 6.07) is 5.05. The number of rotatable bonds is 3. The molecule has 0 amide bonds. The summed E-state index contributed by atoms with van der Waals surface area (Å²) in [6.45, 7) is 6.79. The lowest BCUT2D eigenvalue weighted by Crippen LogP contribution is -2.29. The second kappa shape index (κ2) is 6.31. The Bertz CT molecular complexity index is 535. The first-order valence-electron chi connectivity index (χ1n) is 7.62. The van der Waals surface area contributed by atoms with Gasteiger partial charge in [-0.2, -0.15) is 0 Å². The molecule has 1 aromatic rings. The number of halogens is 1. The summed E-state index contributed by atoms with van der Waals surface area (Å²) in [5.41, 5.74) is 1.12. The lowest BCUT2D eigenvalue weighted by atomic mass is 9.68. The van der Waals surface area contributed by atoms with Gasteiger partial charge in [0.15, 0.2) is 12.1 Å². The minimum atomic E-state index is 0.00204. The van der Waals surface area contributed by atoms with E-state index in [-0.39, 0.29) is 11.7 Å². The minimum Gasteiger partial charge on any atom is -0.298 e. The van der Waals surface area contributed by atoms with Gasteiger partial charge < -0.3 is 0 Å². The molecule has 2 nitrogen and oxygen atoms in total. The second-order valence-electron chi connectivity index (χ2n) is 7.10. The highest BCUT2D eigenvalue weighted by Gasteiger charge is 2.33. The van der Waals surface area contributed by atoms with E-state index in [9.17, 15) is 9.59 Å². The molecule has 1 saturated carbocycles. The fourth-order valence-electron chi connectivity index (χ4n) is 3.32. The number of ketones is 1. The van der Waals surface area contributed by atoms with Gasteiger partial charge in [0, 0.05) is 17.0 Å².